The fourth-order valence-electron chi connectivity index (χ4n) is 5.65. The van der Waals surface area contributed by atoms with Gasteiger partial charge in [-0.2, -0.15) is 4.98 Å². The third kappa shape index (κ3) is 5.67. The predicted octanol–water partition coefficient (Wildman–Crippen LogP) is 2.67. The molecule has 1 amide bonds. The maximum Gasteiger partial charge on any atom is 0.255 e. The van der Waals surface area contributed by atoms with Crippen LogP contribution in [0.15, 0.2) is 6.07 Å². The minimum absolute atomic E-state index is 0.0308. The summed E-state index contributed by atoms with van der Waals surface area (Å²) >= 11 is 0. The fraction of sp³-hybridized carbons (Fsp3) is 0.720. The van der Waals surface area contributed by atoms with Crippen LogP contribution in [0.1, 0.15) is 80.1 Å². The molecule has 7 heteroatoms. The zero-order valence-corrected chi connectivity index (χ0v) is 19.7. The van der Waals surface area contributed by atoms with Gasteiger partial charge in [0.2, 0.25) is 5.82 Å². The summed E-state index contributed by atoms with van der Waals surface area (Å²) in [6, 6.07) is 2.10. The molecular formula is C25H41N6O+. The molecular weight excluding hydrogens is 400 g/mol. The van der Waals surface area contributed by atoms with Gasteiger partial charge in [0.1, 0.15) is 5.82 Å². The lowest BCUT2D eigenvalue weighted by Gasteiger charge is -2.34. The number of piperidine rings is 1. The smallest absolute Gasteiger partial charge is 0.255 e. The Kier molecular flexibility index (Phi) is 8.14. The second kappa shape index (κ2) is 11.2. The Bertz CT molecular complexity index is 775. The van der Waals surface area contributed by atoms with Gasteiger partial charge in [-0.1, -0.05) is 25.7 Å². The lowest BCUT2D eigenvalue weighted by atomic mass is 10.0. The normalized spacial score (nSPS) is 21.5. The molecule has 7 nitrogen and oxygen atoms in total. The van der Waals surface area contributed by atoms with Gasteiger partial charge >= 0.3 is 0 Å². The monoisotopic (exact) mass is 441 g/mol. The molecule has 2 saturated heterocycles. The molecule has 1 aliphatic carbocycles. The Balaban J connectivity index is 1.44. The van der Waals surface area contributed by atoms with Crippen molar-refractivity contribution in [2.75, 3.05) is 44.7 Å². The molecule has 0 atom stereocenters. The molecule has 32 heavy (non-hydrogen) atoms. The zero-order valence-electron chi connectivity index (χ0n) is 19.7. The number of rotatable bonds is 7. The van der Waals surface area contributed by atoms with Crippen molar-refractivity contribution in [1.82, 2.24) is 15.2 Å². The average molecular weight is 442 g/mol. The number of hydrogen-bond donors (Lipinski definition) is 3. The molecule has 176 valence electrons. The predicted molar refractivity (Wildman–Crippen MR) is 129 cm³/mol. The topological polar surface area (TPSA) is 88.9 Å². The first-order chi connectivity index (χ1) is 15.7. The third-order valence-electron chi connectivity index (χ3n) is 7.56. The van der Waals surface area contributed by atoms with Gasteiger partial charge in [0.05, 0.1) is 18.2 Å². The Morgan fingerprint density at radius 2 is 1.78 bits per heavy atom. The molecule has 0 aromatic carbocycles. The number of likely N-dealkylation sites (tertiary alicyclic amines) is 1. The van der Waals surface area contributed by atoms with E-state index in [2.05, 4.69) is 15.1 Å². The largest absolute Gasteiger partial charge is 0.356 e. The van der Waals surface area contributed by atoms with Crippen molar-refractivity contribution in [2.24, 2.45) is 5.92 Å². The molecule has 3 heterocycles. The first-order valence-corrected chi connectivity index (χ1v) is 12.8. The van der Waals surface area contributed by atoms with Crippen LogP contribution in [0.2, 0.25) is 0 Å². The average Bonchev–Trinajstić information content (AvgIpc) is 3.18. The van der Waals surface area contributed by atoms with Crippen molar-refractivity contribution in [1.29, 1.82) is 5.41 Å². The van der Waals surface area contributed by atoms with Crippen molar-refractivity contribution >= 4 is 23.8 Å². The van der Waals surface area contributed by atoms with Crippen molar-refractivity contribution in [3.63, 3.8) is 0 Å². The number of pyridine rings is 1. The first-order valence-electron chi connectivity index (χ1n) is 12.8. The van der Waals surface area contributed by atoms with Crippen molar-refractivity contribution < 1.29 is 10.1 Å². The van der Waals surface area contributed by atoms with Crippen LogP contribution in [0.4, 0.5) is 11.6 Å². The maximum absolute atomic E-state index is 13.4. The Morgan fingerprint density at radius 3 is 2.41 bits per heavy atom. The van der Waals surface area contributed by atoms with Crippen LogP contribution in [0.25, 0.3) is 0 Å². The van der Waals surface area contributed by atoms with E-state index in [4.69, 9.17) is 10.4 Å². The number of aromatic nitrogens is 1. The van der Waals surface area contributed by atoms with E-state index < -0.39 is 0 Å². The third-order valence-corrected chi connectivity index (χ3v) is 7.56. The molecule has 1 aromatic rings. The van der Waals surface area contributed by atoms with E-state index in [0.717, 1.165) is 69.4 Å². The Morgan fingerprint density at radius 1 is 1.09 bits per heavy atom. The quantitative estimate of drug-likeness (QED) is 0.568. The molecule has 1 saturated carbocycles. The van der Waals surface area contributed by atoms with Crippen LogP contribution >= 0.6 is 0 Å². The van der Waals surface area contributed by atoms with Gasteiger partial charge in [-0.05, 0) is 50.5 Å². The minimum atomic E-state index is -0.0308. The lowest BCUT2D eigenvalue weighted by molar-refractivity contribution is -0.543. The number of amides is 1. The summed E-state index contributed by atoms with van der Waals surface area (Å²) in [5.41, 5.74) is 1.34. The van der Waals surface area contributed by atoms with E-state index >= 15 is 0 Å². The van der Waals surface area contributed by atoms with Crippen LogP contribution in [0.3, 0.4) is 0 Å². The molecule has 2 aliphatic heterocycles. The van der Waals surface area contributed by atoms with Crippen LogP contribution < -0.4 is 15.5 Å². The van der Waals surface area contributed by atoms with E-state index in [9.17, 15) is 4.79 Å². The molecule has 3 fully saturated rings. The second-order valence-corrected chi connectivity index (χ2v) is 9.87. The number of hydrogen-bond acceptors (Lipinski definition) is 5. The second-order valence-electron chi connectivity index (χ2n) is 9.87. The van der Waals surface area contributed by atoms with Gasteiger partial charge in [-0.3, -0.25) is 10.1 Å². The highest BCUT2D eigenvalue weighted by molar-refractivity contribution is 6.01. The van der Waals surface area contributed by atoms with E-state index in [1.807, 2.05) is 18.4 Å². The summed E-state index contributed by atoms with van der Waals surface area (Å²) in [5, 5.41) is 13.1. The fourth-order valence-corrected chi connectivity index (χ4v) is 5.65. The summed E-state index contributed by atoms with van der Waals surface area (Å²) in [6.07, 6.45) is 13.7. The highest BCUT2D eigenvalue weighted by Gasteiger charge is 2.27. The van der Waals surface area contributed by atoms with Gasteiger partial charge < -0.3 is 20.5 Å². The van der Waals surface area contributed by atoms with E-state index in [1.54, 1.807) is 0 Å². The van der Waals surface area contributed by atoms with Gasteiger partial charge in [0.25, 0.3) is 5.91 Å². The van der Waals surface area contributed by atoms with Crippen molar-refractivity contribution in [3.05, 3.63) is 17.2 Å². The van der Waals surface area contributed by atoms with Crippen LogP contribution in [0.5, 0.6) is 0 Å². The lowest BCUT2D eigenvalue weighted by Crippen LogP contribution is -2.73. The molecule has 1 aromatic heterocycles. The maximum atomic E-state index is 13.4. The summed E-state index contributed by atoms with van der Waals surface area (Å²) in [6.45, 7) is 5.28. The summed E-state index contributed by atoms with van der Waals surface area (Å²) < 4.78 is 0. The number of quaternary nitrogens is 1. The number of nitrogens with one attached hydrogen (secondary N) is 2. The molecule has 0 bridgehead atoms. The van der Waals surface area contributed by atoms with E-state index in [0.29, 0.717) is 11.1 Å². The van der Waals surface area contributed by atoms with Gasteiger partial charge in [-0.25, -0.2) is 0 Å². The van der Waals surface area contributed by atoms with Gasteiger partial charge in [0.15, 0.2) is 0 Å². The molecule has 0 radical (unpaired) electrons. The minimum Gasteiger partial charge on any atom is -0.356 e. The Hall–Kier alpha value is -1.99. The molecule has 0 unspecified atom stereocenters. The number of anilines is 1. The van der Waals surface area contributed by atoms with Crippen LogP contribution in [0, 0.1) is 11.3 Å². The van der Waals surface area contributed by atoms with E-state index in [1.165, 1.54) is 51.3 Å². The summed E-state index contributed by atoms with van der Waals surface area (Å²) in [7, 11) is 1.95. The first kappa shape index (κ1) is 23.2. The summed E-state index contributed by atoms with van der Waals surface area (Å²) in [4.78, 5) is 23.2. The molecule has 4 rings (SSSR count). The van der Waals surface area contributed by atoms with Gasteiger partial charge in [0, 0.05) is 45.0 Å². The van der Waals surface area contributed by atoms with Gasteiger partial charge in [-0.15, -0.1) is 0 Å². The summed E-state index contributed by atoms with van der Waals surface area (Å²) in [5.74, 6) is 2.44. The number of carbonyl (C=O) groups is 1. The highest BCUT2D eigenvalue weighted by Crippen LogP contribution is 2.27. The molecule has 0 spiro atoms. The van der Waals surface area contributed by atoms with Crippen molar-refractivity contribution in [3.8, 4) is 0 Å². The van der Waals surface area contributed by atoms with E-state index in [-0.39, 0.29) is 11.9 Å². The highest BCUT2D eigenvalue weighted by atomic mass is 16.1. The van der Waals surface area contributed by atoms with Crippen LogP contribution in [-0.4, -0.2) is 67.8 Å². The zero-order chi connectivity index (χ0) is 22.3. The number of nitrogens with zero attached hydrogens (tertiary/aromatic N) is 3. The standard InChI is InChI=1S/C25H40N6O/c1-27-23-20(17-26)16-22(24(29-23)31-12-6-2-3-7-13-31)25(32)28-21-10-14-30(15-11-21)18-19-8-4-5-9-19/h16-17,19,21,26H,2-15,18H2,1H3,(H,27,29)(H,28,32)/p+1. The Labute approximate surface area is 192 Å². The SMILES string of the molecule is C[NH2+]c1nc(N2CCCCCC2)c(C(=O)NC2CCN(CC3CCCC3)CC2)cc1C=N. The molecule has 3 aliphatic rings. The number of nitrogens with two attached hydrogens (primary N) is 1. The van der Waals surface area contributed by atoms with Crippen molar-refractivity contribution in [2.45, 2.75) is 70.3 Å². The molecule has 4 N–H and O–H groups in total. The van der Waals surface area contributed by atoms with Crippen LogP contribution in [-0.2, 0) is 0 Å². The number of carbonyl (C=O) groups excluding carboxylic acids is 1.